The number of benzene rings is 1. The molecule has 2 aromatic rings. The number of aryl methyl sites for hydroxylation is 1. The van der Waals surface area contributed by atoms with Gasteiger partial charge in [-0.3, -0.25) is 19.4 Å². The Morgan fingerprint density at radius 1 is 1.19 bits per heavy atom. The molecule has 0 spiro atoms. The Labute approximate surface area is 236 Å². The summed E-state index contributed by atoms with van der Waals surface area (Å²) in [5.41, 5.74) is -1.73. The number of halogens is 7. The second kappa shape index (κ2) is 9.76. The zero-order valence-electron chi connectivity index (χ0n) is 22.5. The predicted molar refractivity (Wildman–Crippen MR) is 138 cm³/mol. The van der Waals surface area contributed by atoms with Crippen LogP contribution in [-0.2, 0) is 9.59 Å². The zero-order valence-corrected chi connectivity index (χ0v) is 23.3. The van der Waals surface area contributed by atoms with Crippen LogP contribution < -0.4 is 10.2 Å². The van der Waals surface area contributed by atoms with E-state index in [4.69, 9.17) is 0 Å². The highest BCUT2D eigenvalue weighted by molar-refractivity contribution is 8.45. The van der Waals surface area contributed by atoms with E-state index in [1.807, 2.05) is 0 Å². The molecule has 0 bridgehead atoms. The first-order valence-corrected chi connectivity index (χ1v) is 14.8. The zero-order chi connectivity index (χ0) is 31.4. The van der Waals surface area contributed by atoms with E-state index in [2.05, 4.69) is 15.3 Å². The SMILES string of the molecule is Cc1[nH]cnc1C(C(=O)NC1CCC(F)(F)CC1)N(C(=O)C1CC(C)(O)CN1C#N)c1ccc(S(F)(F)(F)(F)F)cc1. The molecule has 42 heavy (non-hydrogen) atoms. The van der Waals surface area contributed by atoms with Crippen LogP contribution in [0.5, 0.6) is 0 Å². The van der Waals surface area contributed by atoms with Crippen molar-refractivity contribution in [3.05, 3.63) is 42.0 Å². The number of H-pyrrole nitrogens is 1. The monoisotopic (exact) mass is 626 g/mol. The fraction of sp³-hybridized carbons (Fsp3) is 0.520. The Morgan fingerprint density at radius 3 is 2.29 bits per heavy atom. The van der Waals surface area contributed by atoms with Crippen LogP contribution in [0, 0.1) is 18.4 Å². The summed E-state index contributed by atoms with van der Waals surface area (Å²) in [4.78, 5) is 34.2. The largest absolute Gasteiger partial charge is 0.388 e. The number of imidazole rings is 1. The molecule has 232 valence electrons. The molecular weight excluding hydrogens is 597 g/mol. The van der Waals surface area contributed by atoms with Crippen molar-refractivity contribution >= 4 is 27.7 Å². The number of alkyl halides is 2. The average molecular weight is 627 g/mol. The highest BCUT2D eigenvalue weighted by atomic mass is 32.5. The van der Waals surface area contributed by atoms with Crippen LogP contribution in [0.2, 0.25) is 0 Å². The molecule has 1 aromatic carbocycles. The number of anilines is 1. The third kappa shape index (κ3) is 6.75. The van der Waals surface area contributed by atoms with E-state index in [0.29, 0.717) is 12.1 Å². The Hall–Kier alpha value is -3.52. The number of rotatable bonds is 7. The van der Waals surface area contributed by atoms with Crippen LogP contribution in [0.3, 0.4) is 0 Å². The summed E-state index contributed by atoms with van der Waals surface area (Å²) in [5, 5.41) is 22.8. The van der Waals surface area contributed by atoms with Gasteiger partial charge in [-0.15, -0.1) is 0 Å². The lowest BCUT2D eigenvalue weighted by atomic mass is 9.92. The van der Waals surface area contributed by atoms with Gasteiger partial charge in [-0.1, -0.05) is 19.4 Å². The summed E-state index contributed by atoms with van der Waals surface area (Å²) < 4.78 is 94.8. The second-order valence-electron chi connectivity index (χ2n) is 11.1. The van der Waals surface area contributed by atoms with Crippen LogP contribution in [-0.4, -0.2) is 61.9 Å². The number of amides is 2. The number of hydrogen-bond donors (Lipinski definition) is 3. The van der Waals surface area contributed by atoms with Crippen molar-refractivity contribution in [3.63, 3.8) is 0 Å². The van der Waals surface area contributed by atoms with Crippen LogP contribution in [0.1, 0.15) is 56.5 Å². The van der Waals surface area contributed by atoms with Crippen molar-refractivity contribution in [2.75, 3.05) is 11.4 Å². The molecule has 2 heterocycles. The van der Waals surface area contributed by atoms with E-state index in [-0.39, 0.29) is 49.3 Å². The second-order valence-corrected chi connectivity index (χ2v) is 13.5. The van der Waals surface area contributed by atoms with Gasteiger partial charge in [-0.25, -0.2) is 13.8 Å². The molecule has 3 unspecified atom stereocenters. The summed E-state index contributed by atoms with van der Waals surface area (Å²) in [5.74, 6) is -4.84. The van der Waals surface area contributed by atoms with Gasteiger partial charge in [0.15, 0.2) is 12.2 Å². The molecule has 1 saturated heterocycles. The minimum Gasteiger partial charge on any atom is -0.388 e. The molecular formula is C25H29F7N6O3S. The molecule has 1 aliphatic heterocycles. The number of carbonyl (C=O) groups excluding carboxylic acids is 2. The molecule has 1 aromatic heterocycles. The van der Waals surface area contributed by atoms with Crippen molar-refractivity contribution in [2.24, 2.45) is 0 Å². The van der Waals surface area contributed by atoms with Crippen LogP contribution in [0.15, 0.2) is 35.5 Å². The average Bonchev–Trinajstić information content (AvgIpc) is 3.43. The Balaban J connectivity index is 1.82. The fourth-order valence-electron chi connectivity index (χ4n) is 5.30. The minimum atomic E-state index is -10.1. The van der Waals surface area contributed by atoms with Crippen molar-refractivity contribution in [2.45, 2.75) is 80.5 Å². The number of hydrogen-bond acceptors (Lipinski definition) is 6. The molecule has 2 amide bonds. The number of nitrogens with one attached hydrogen (secondary N) is 2. The first kappa shape index (κ1) is 31.4. The van der Waals surface area contributed by atoms with E-state index < -0.39 is 75.1 Å². The summed E-state index contributed by atoms with van der Waals surface area (Å²) in [7, 11) is -10.1. The van der Waals surface area contributed by atoms with Gasteiger partial charge < -0.3 is 15.4 Å². The first-order valence-electron chi connectivity index (χ1n) is 12.8. The molecule has 2 aliphatic rings. The molecule has 0 radical (unpaired) electrons. The lowest BCUT2D eigenvalue weighted by molar-refractivity contribution is -0.129. The fourth-order valence-corrected chi connectivity index (χ4v) is 5.95. The molecule has 2 fully saturated rings. The maximum Gasteiger partial charge on any atom is 0.310 e. The number of aromatic amines is 1. The van der Waals surface area contributed by atoms with Gasteiger partial charge in [-0.05, 0) is 51.0 Å². The minimum absolute atomic E-state index is 0.0629. The molecule has 1 saturated carbocycles. The number of aromatic nitrogens is 2. The number of nitriles is 1. The van der Waals surface area contributed by atoms with Gasteiger partial charge in [0.2, 0.25) is 11.8 Å². The van der Waals surface area contributed by atoms with Crippen LogP contribution in [0.25, 0.3) is 0 Å². The van der Waals surface area contributed by atoms with E-state index >= 15 is 0 Å². The van der Waals surface area contributed by atoms with Gasteiger partial charge in [0.05, 0.1) is 24.2 Å². The van der Waals surface area contributed by atoms with Crippen LogP contribution in [0.4, 0.5) is 33.9 Å². The van der Waals surface area contributed by atoms with Crippen LogP contribution >= 0.6 is 10.2 Å². The van der Waals surface area contributed by atoms with Gasteiger partial charge in [0.25, 0.3) is 5.91 Å². The van der Waals surface area contributed by atoms with Crippen molar-refractivity contribution < 1.29 is 42.9 Å². The maximum atomic E-state index is 14.1. The predicted octanol–water partition coefficient (Wildman–Crippen LogP) is 5.45. The third-order valence-corrected chi connectivity index (χ3v) is 8.59. The number of aliphatic hydroxyl groups is 1. The van der Waals surface area contributed by atoms with E-state index in [0.717, 1.165) is 9.80 Å². The smallest absolute Gasteiger partial charge is 0.310 e. The van der Waals surface area contributed by atoms with Gasteiger partial charge in [0, 0.05) is 36.7 Å². The van der Waals surface area contributed by atoms with Crippen molar-refractivity contribution in [3.8, 4) is 6.19 Å². The summed E-state index contributed by atoms with van der Waals surface area (Å²) in [6.07, 6.45) is 1.47. The normalized spacial score (nSPS) is 25.2. The summed E-state index contributed by atoms with van der Waals surface area (Å²) in [6.45, 7) is 2.58. The van der Waals surface area contributed by atoms with Crippen molar-refractivity contribution in [1.82, 2.24) is 20.2 Å². The molecule has 9 nitrogen and oxygen atoms in total. The quantitative estimate of drug-likeness (QED) is 0.277. The van der Waals surface area contributed by atoms with E-state index in [1.165, 1.54) is 20.2 Å². The van der Waals surface area contributed by atoms with Crippen molar-refractivity contribution in [1.29, 1.82) is 5.26 Å². The van der Waals surface area contributed by atoms with E-state index in [1.54, 1.807) is 6.19 Å². The molecule has 4 rings (SSSR count). The number of carbonyl (C=O) groups is 2. The Kier molecular flexibility index (Phi) is 7.30. The number of nitrogens with zero attached hydrogens (tertiary/aromatic N) is 4. The van der Waals surface area contributed by atoms with E-state index in [9.17, 15) is 48.2 Å². The lowest BCUT2D eigenvalue weighted by Gasteiger charge is -2.41. The van der Waals surface area contributed by atoms with Gasteiger partial charge >= 0.3 is 10.2 Å². The Morgan fingerprint density at radius 2 is 1.79 bits per heavy atom. The third-order valence-electron chi connectivity index (χ3n) is 7.43. The molecule has 17 heteroatoms. The van der Waals surface area contributed by atoms with Gasteiger partial charge in [0.1, 0.15) is 10.9 Å². The topological polar surface area (TPSA) is 125 Å². The molecule has 3 N–H and O–H groups in total. The lowest BCUT2D eigenvalue weighted by Crippen LogP contribution is -2.52. The Bertz CT molecular complexity index is 1400. The summed E-state index contributed by atoms with van der Waals surface area (Å²) >= 11 is 0. The van der Waals surface area contributed by atoms with Gasteiger partial charge in [-0.2, -0.15) is 5.26 Å². The maximum absolute atomic E-state index is 14.1. The highest BCUT2D eigenvalue weighted by Gasteiger charge is 2.65. The number of β-amino-alcohol motifs (C(OH)–C–C–N with tert-alkyl or cyclic N) is 1. The summed E-state index contributed by atoms with van der Waals surface area (Å²) in [6, 6.07) is -2.48. The highest BCUT2D eigenvalue weighted by Crippen LogP contribution is 3.02. The number of likely N-dealkylation sites (tertiary alicyclic amines) is 1. The standard InChI is InChI=1S/C25H29F7N6O3S/c1-15-20(35-14-34-15)21(22(39)36-16-7-9-25(26,27)10-8-16)38(23(40)19-11-24(2,41)12-37(19)13-33)17-3-5-18(6-4-17)42(28,29,30,31)32/h3-6,14,16,19,21,41H,7-12H2,1-2H3,(H,34,35)(H,36,39). The molecule has 1 aliphatic carbocycles. The molecule has 3 atom stereocenters. The first-order chi connectivity index (χ1) is 19.1.